The van der Waals surface area contributed by atoms with Gasteiger partial charge in [0, 0.05) is 25.3 Å². The maximum absolute atomic E-state index is 4.41. The lowest BCUT2D eigenvalue weighted by Gasteiger charge is -2.33. The minimum absolute atomic E-state index is 0.422. The number of nitrogens with zero attached hydrogens (tertiary/aromatic N) is 6. The molecule has 1 aliphatic heterocycles. The van der Waals surface area contributed by atoms with E-state index in [4.69, 9.17) is 0 Å². The van der Waals surface area contributed by atoms with Crippen LogP contribution in [0.25, 0.3) is 11.2 Å². The zero-order chi connectivity index (χ0) is 14.8. The molecule has 1 fully saturated rings. The zero-order valence-corrected chi connectivity index (χ0v) is 12.0. The van der Waals surface area contributed by atoms with Gasteiger partial charge in [-0.25, -0.2) is 24.9 Å². The second-order valence-corrected chi connectivity index (χ2v) is 5.30. The molecular formula is C14H16N8. The van der Waals surface area contributed by atoms with E-state index in [1.165, 1.54) is 0 Å². The summed E-state index contributed by atoms with van der Waals surface area (Å²) in [5, 5.41) is 3.45. The highest BCUT2D eigenvalue weighted by Gasteiger charge is 2.22. The molecule has 1 saturated heterocycles. The Kier molecular flexibility index (Phi) is 3.26. The molecule has 0 bridgehead atoms. The number of imidazole rings is 1. The van der Waals surface area contributed by atoms with Gasteiger partial charge in [-0.1, -0.05) is 0 Å². The van der Waals surface area contributed by atoms with Gasteiger partial charge in [0.2, 0.25) is 0 Å². The third-order valence-corrected chi connectivity index (χ3v) is 3.93. The van der Waals surface area contributed by atoms with Crippen molar-refractivity contribution in [2.45, 2.75) is 18.9 Å². The van der Waals surface area contributed by atoms with Crippen LogP contribution in [-0.4, -0.2) is 49.0 Å². The standard InChI is InChI=1S/C14H16N8/c1-4-15-7-16-11(1)21-10-2-5-22(6-3-10)14-12-13(18-8-17-12)19-9-20-14/h1,4,7-10H,2-3,5-6H2,(H,15,16,21)(H,17,18,19,20). The van der Waals surface area contributed by atoms with Crippen LogP contribution in [0.5, 0.6) is 0 Å². The van der Waals surface area contributed by atoms with Gasteiger partial charge in [-0.2, -0.15) is 0 Å². The molecule has 0 aromatic carbocycles. The monoisotopic (exact) mass is 296 g/mol. The first-order chi connectivity index (χ1) is 10.9. The van der Waals surface area contributed by atoms with E-state index >= 15 is 0 Å². The summed E-state index contributed by atoms with van der Waals surface area (Å²) in [6.07, 6.45) is 8.61. The highest BCUT2D eigenvalue weighted by molar-refractivity contribution is 5.82. The lowest BCUT2D eigenvalue weighted by atomic mass is 10.1. The van der Waals surface area contributed by atoms with E-state index in [0.29, 0.717) is 11.7 Å². The molecule has 4 heterocycles. The third kappa shape index (κ3) is 2.43. The van der Waals surface area contributed by atoms with E-state index in [1.54, 1.807) is 25.2 Å². The van der Waals surface area contributed by atoms with Crippen molar-refractivity contribution in [3.8, 4) is 0 Å². The molecule has 0 spiro atoms. The van der Waals surface area contributed by atoms with E-state index < -0.39 is 0 Å². The van der Waals surface area contributed by atoms with Crippen LogP contribution in [0.4, 0.5) is 11.6 Å². The summed E-state index contributed by atoms with van der Waals surface area (Å²) in [6.45, 7) is 1.88. The van der Waals surface area contributed by atoms with E-state index in [-0.39, 0.29) is 0 Å². The number of aromatic amines is 1. The highest BCUT2D eigenvalue weighted by Crippen LogP contribution is 2.24. The van der Waals surface area contributed by atoms with Crippen LogP contribution in [0.3, 0.4) is 0 Å². The lowest BCUT2D eigenvalue weighted by Crippen LogP contribution is -2.39. The second kappa shape index (κ2) is 5.55. The average Bonchev–Trinajstić information content (AvgIpc) is 3.05. The van der Waals surface area contributed by atoms with Crippen LogP contribution >= 0.6 is 0 Å². The molecule has 3 aromatic rings. The SMILES string of the molecule is c1cc(NC2CCN(c3ncnc4nc[nH]c34)CC2)ncn1. The van der Waals surface area contributed by atoms with E-state index in [2.05, 4.69) is 40.1 Å². The topological polar surface area (TPSA) is 95.5 Å². The summed E-state index contributed by atoms with van der Waals surface area (Å²) < 4.78 is 0. The fraction of sp³-hybridized carbons (Fsp3) is 0.357. The Labute approximate surface area is 127 Å². The lowest BCUT2D eigenvalue weighted by molar-refractivity contribution is 0.523. The van der Waals surface area contributed by atoms with E-state index in [1.807, 2.05) is 6.07 Å². The Morgan fingerprint density at radius 1 is 1.09 bits per heavy atom. The third-order valence-electron chi connectivity index (χ3n) is 3.93. The Morgan fingerprint density at radius 3 is 2.82 bits per heavy atom. The van der Waals surface area contributed by atoms with Crippen molar-refractivity contribution in [3.63, 3.8) is 0 Å². The first kappa shape index (κ1) is 12.9. The summed E-state index contributed by atoms with van der Waals surface area (Å²) in [4.78, 5) is 26.3. The maximum atomic E-state index is 4.41. The van der Waals surface area contributed by atoms with Gasteiger partial charge >= 0.3 is 0 Å². The van der Waals surface area contributed by atoms with Gasteiger partial charge < -0.3 is 15.2 Å². The quantitative estimate of drug-likeness (QED) is 0.750. The molecule has 0 amide bonds. The van der Waals surface area contributed by atoms with Crippen molar-refractivity contribution in [1.82, 2.24) is 29.9 Å². The molecular weight excluding hydrogens is 280 g/mol. The predicted molar refractivity (Wildman–Crippen MR) is 82.6 cm³/mol. The molecule has 22 heavy (non-hydrogen) atoms. The number of hydrogen-bond donors (Lipinski definition) is 2. The van der Waals surface area contributed by atoms with Gasteiger partial charge in [-0.3, -0.25) is 0 Å². The minimum atomic E-state index is 0.422. The zero-order valence-electron chi connectivity index (χ0n) is 12.0. The number of H-pyrrole nitrogens is 1. The number of aromatic nitrogens is 6. The molecule has 0 unspecified atom stereocenters. The highest BCUT2D eigenvalue weighted by atomic mass is 15.2. The second-order valence-electron chi connectivity index (χ2n) is 5.30. The molecule has 3 aromatic heterocycles. The fourth-order valence-electron chi connectivity index (χ4n) is 2.81. The average molecular weight is 296 g/mol. The van der Waals surface area contributed by atoms with Crippen molar-refractivity contribution in [2.24, 2.45) is 0 Å². The van der Waals surface area contributed by atoms with Crippen LogP contribution < -0.4 is 10.2 Å². The molecule has 8 heteroatoms. The Morgan fingerprint density at radius 2 is 2.00 bits per heavy atom. The number of fused-ring (bicyclic) bond motifs is 1. The molecule has 112 valence electrons. The van der Waals surface area contributed by atoms with Gasteiger partial charge in [-0.05, 0) is 18.9 Å². The number of rotatable bonds is 3. The fourth-order valence-corrected chi connectivity index (χ4v) is 2.81. The summed E-state index contributed by atoms with van der Waals surface area (Å²) in [7, 11) is 0. The molecule has 1 aliphatic rings. The van der Waals surface area contributed by atoms with Crippen LogP contribution in [0.1, 0.15) is 12.8 Å². The van der Waals surface area contributed by atoms with Crippen LogP contribution in [0, 0.1) is 0 Å². The summed E-state index contributed by atoms with van der Waals surface area (Å²) in [5.74, 6) is 1.81. The first-order valence-electron chi connectivity index (χ1n) is 7.32. The summed E-state index contributed by atoms with van der Waals surface area (Å²) in [6, 6.07) is 2.32. The Hall–Kier alpha value is -2.77. The number of piperidine rings is 1. The molecule has 8 nitrogen and oxygen atoms in total. The Bertz CT molecular complexity index is 748. The van der Waals surface area contributed by atoms with Gasteiger partial charge in [0.1, 0.15) is 24.0 Å². The van der Waals surface area contributed by atoms with Crippen molar-refractivity contribution in [2.75, 3.05) is 23.3 Å². The molecule has 0 atom stereocenters. The van der Waals surface area contributed by atoms with Crippen molar-refractivity contribution >= 4 is 22.8 Å². The number of hydrogen-bond acceptors (Lipinski definition) is 7. The summed E-state index contributed by atoms with van der Waals surface area (Å²) >= 11 is 0. The van der Waals surface area contributed by atoms with Gasteiger partial charge in [0.25, 0.3) is 0 Å². The van der Waals surface area contributed by atoms with Gasteiger partial charge in [0.15, 0.2) is 11.5 Å². The van der Waals surface area contributed by atoms with Crippen LogP contribution in [-0.2, 0) is 0 Å². The minimum Gasteiger partial charge on any atom is -0.367 e. The normalized spacial score (nSPS) is 16.1. The van der Waals surface area contributed by atoms with Gasteiger partial charge in [-0.15, -0.1) is 0 Å². The van der Waals surface area contributed by atoms with E-state index in [9.17, 15) is 0 Å². The molecule has 0 saturated carbocycles. The maximum Gasteiger partial charge on any atom is 0.182 e. The van der Waals surface area contributed by atoms with Crippen molar-refractivity contribution in [3.05, 3.63) is 31.2 Å². The molecule has 2 N–H and O–H groups in total. The van der Waals surface area contributed by atoms with Gasteiger partial charge in [0.05, 0.1) is 6.33 Å². The van der Waals surface area contributed by atoms with Crippen LogP contribution in [0.2, 0.25) is 0 Å². The number of anilines is 2. The van der Waals surface area contributed by atoms with Crippen LogP contribution in [0.15, 0.2) is 31.2 Å². The molecule has 4 rings (SSSR count). The number of nitrogens with one attached hydrogen (secondary N) is 2. The predicted octanol–water partition coefficient (Wildman–Crippen LogP) is 1.22. The largest absolute Gasteiger partial charge is 0.367 e. The summed E-state index contributed by atoms with van der Waals surface area (Å²) in [5.41, 5.74) is 1.62. The van der Waals surface area contributed by atoms with E-state index in [0.717, 1.165) is 43.1 Å². The first-order valence-corrected chi connectivity index (χ1v) is 7.32. The smallest absolute Gasteiger partial charge is 0.182 e. The molecule has 0 aliphatic carbocycles. The Balaban J connectivity index is 1.45. The molecule has 0 radical (unpaired) electrons. The van der Waals surface area contributed by atoms with Crippen molar-refractivity contribution < 1.29 is 0 Å². The van der Waals surface area contributed by atoms with Crippen molar-refractivity contribution in [1.29, 1.82) is 0 Å².